The van der Waals surface area contributed by atoms with Crippen LogP contribution in [0.5, 0.6) is 0 Å². The summed E-state index contributed by atoms with van der Waals surface area (Å²) >= 11 is 0. The van der Waals surface area contributed by atoms with Gasteiger partial charge in [0.25, 0.3) is 0 Å². The molecule has 1 unspecified atom stereocenters. The van der Waals surface area contributed by atoms with Gasteiger partial charge in [-0.15, -0.1) is 0 Å². The highest BCUT2D eigenvalue weighted by Crippen LogP contribution is 2.24. The summed E-state index contributed by atoms with van der Waals surface area (Å²) in [7, 11) is 0. The molecule has 0 aliphatic carbocycles. The first-order valence-electron chi connectivity index (χ1n) is 6.48. The monoisotopic (exact) mass is 264 g/mol. The van der Waals surface area contributed by atoms with Gasteiger partial charge in [-0.1, -0.05) is 32.9 Å². The molecule has 1 aromatic rings. The molecule has 0 saturated carbocycles. The van der Waals surface area contributed by atoms with E-state index in [0.29, 0.717) is 17.0 Å². The van der Waals surface area contributed by atoms with Crippen LogP contribution in [0.1, 0.15) is 39.0 Å². The molecule has 5 nitrogen and oxygen atoms in total. The number of amidine groups is 1. The van der Waals surface area contributed by atoms with Gasteiger partial charge in [0.1, 0.15) is 5.69 Å². The molecule has 0 aliphatic rings. The highest BCUT2D eigenvalue weighted by molar-refractivity contribution is 5.95. The maximum atomic E-state index is 8.62. The molecule has 0 aliphatic heterocycles. The van der Waals surface area contributed by atoms with Gasteiger partial charge in [-0.3, -0.25) is 4.98 Å². The van der Waals surface area contributed by atoms with E-state index in [1.807, 2.05) is 12.1 Å². The van der Waals surface area contributed by atoms with Crippen molar-refractivity contribution in [2.45, 2.75) is 34.2 Å². The molecule has 1 rings (SSSR count). The molecule has 0 aromatic carbocycles. The molecule has 0 spiro atoms. The Morgan fingerprint density at radius 1 is 1.53 bits per heavy atom. The van der Waals surface area contributed by atoms with E-state index in [1.165, 1.54) is 0 Å². The van der Waals surface area contributed by atoms with Crippen molar-refractivity contribution in [2.24, 2.45) is 22.2 Å². The standard InChI is InChI=1S/C14H24N4O/c1-10(14(2,3)4)8-16-9-11-5-6-17-12(7-11)13(15)18-19/h5-7,10,16,19H,8-9H2,1-4H3,(H2,15,18). The van der Waals surface area contributed by atoms with E-state index in [2.05, 4.69) is 43.2 Å². The predicted octanol–water partition coefficient (Wildman–Crippen LogP) is 1.95. The van der Waals surface area contributed by atoms with Crippen molar-refractivity contribution in [2.75, 3.05) is 6.54 Å². The van der Waals surface area contributed by atoms with E-state index >= 15 is 0 Å². The first-order valence-corrected chi connectivity index (χ1v) is 6.48. The van der Waals surface area contributed by atoms with E-state index in [0.717, 1.165) is 18.7 Å². The summed E-state index contributed by atoms with van der Waals surface area (Å²) in [4.78, 5) is 4.05. The minimum atomic E-state index is 0.0323. The second-order valence-electron chi connectivity index (χ2n) is 5.93. The van der Waals surface area contributed by atoms with Gasteiger partial charge in [0.05, 0.1) is 0 Å². The largest absolute Gasteiger partial charge is 0.409 e. The maximum Gasteiger partial charge on any atom is 0.188 e. The average molecular weight is 264 g/mol. The Kier molecular flexibility index (Phi) is 5.30. The Hall–Kier alpha value is -1.62. The van der Waals surface area contributed by atoms with E-state index < -0.39 is 0 Å². The lowest BCUT2D eigenvalue weighted by molar-refractivity contribution is 0.252. The number of nitrogens with one attached hydrogen (secondary N) is 1. The third-order valence-corrected chi connectivity index (χ3v) is 3.45. The first-order chi connectivity index (χ1) is 8.84. The predicted molar refractivity (Wildman–Crippen MR) is 77.1 cm³/mol. The topological polar surface area (TPSA) is 83.5 Å². The molecular formula is C14H24N4O. The quantitative estimate of drug-likeness (QED) is 0.328. The van der Waals surface area contributed by atoms with Gasteiger partial charge in [-0.2, -0.15) is 0 Å². The van der Waals surface area contributed by atoms with Crippen LogP contribution >= 0.6 is 0 Å². The summed E-state index contributed by atoms with van der Waals surface area (Å²) in [5.41, 5.74) is 7.37. The van der Waals surface area contributed by atoms with Crippen molar-refractivity contribution < 1.29 is 5.21 Å². The van der Waals surface area contributed by atoms with Gasteiger partial charge in [0.15, 0.2) is 5.84 Å². The van der Waals surface area contributed by atoms with Crippen LogP contribution in [0.4, 0.5) is 0 Å². The van der Waals surface area contributed by atoms with Crippen LogP contribution < -0.4 is 11.1 Å². The molecule has 0 radical (unpaired) electrons. The second kappa shape index (κ2) is 6.52. The lowest BCUT2D eigenvalue weighted by Gasteiger charge is -2.27. The third-order valence-electron chi connectivity index (χ3n) is 3.45. The Balaban J connectivity index is 2.55. The number of pyridine rings is 1. The molecule has 0 bridgehead atoms. The van der Waals surface area contributed by atoms with Crippen LogP contribution in [0.25, 0.3) is 0 Å². The summed E-state index contributed by atoms with van der Waals surface area (Å²) in [5, 5.41) is 15.0. The fourth-order valence-electron chi connectivity index (χ4n) is 1.51. The third kappa shape index (κ3) is 4.87. The molecule has 0 saturated heterocycles. The first kappa shape index (κ1) is 15.4. The van der Waals surface area contributed by atoms with E-state index in [1.54, 1.807) is 6.20 Å². The van der Waals surface area contributed by atoms with Crippen LogP contribution in [0.2, 0.25) is 0 Å². The van der Waals surface area contributed by atoms with Crippen molar-refractivity contribution in [1.82, 2.24) is 10.3 Å². The van der Waals surface area contributed by atoms with Crippen molar-refractivity contribution in [1.29, 1.82) is 0 Å². The molecular weight excluding hydrogens is 240 g/mol. The van der Waals surface area contributed by atoms with E-state index in [-0.39, 0.29) is 5.84 Å². The number of aromatic nitrogens is 1. The summed E-state index contributed by atoms with van der Waals surface area (Å²) in [6, 6.07) is 3.74. The van der Waals surface area contributed by atoms with Gasteiger partial charge in [-0.05, 0) is 35.6 Å². The van der Waals surface area contributed by atoms with E-state index in [9.17, 15) is 0 Å². The molecule has 1 atom stereocenters. The SMILES string of the molecule is CC(CNCc1ccnc(/C(N)=N/O)c1)C(C)(C)C. The molecule has 1 aromatic heterocycles. The van der Waals surface area contributed by atoms with Crippen molar-refractivity contribution in [3.63, 3.8) is 0 Å². The van der Waals surface area contributed by atoms with Crippen molar-refractivity contribution in [3.8, 4) is 0 Å². The number of nitrogens with zero attached hydrogens (tertiary/aromatic N) is 2. The Bertz CT molecular complexity index is 437. The molecule has 4 N–H and O–H groups in total. The van der Waals surface area contributed by atoms with Crippen LogP contribution in [0.3, 0.4) is 0 Å². The molecule has 0 amide bonds. The molecule has 19 heavy (non-hydrogen) atoms. The zero-order valence-corrected chi connectivity index (χ0v) is 12.1. The number of rotatable bonds is 5. The fraction of sp³-hybridized carbons (Fsp3) is 0.571. The molecule has 106 valence electrons. The Morgan fingerprint density at radius 2 is 2.21 bits per heavy atom. The highest BCUT2D eigenvalue weighted by Gasteiger charge is 2.19. The lowest BCUT2D eigenvalue weighted by atomic mass is 9.82. The average Bonchev–Trinajstić information content (AvgIpc) is 2.37. The number of hydrogen-bond donors (Lipinski definition) is 3. The number of hydrogen-bond acceptors (Lipinski definition) is 4. The van der Waals surface area contributed by atoms with Crippen LogP contribution in [-0.4, -0.2) is 22.6 Å². The van der Waals surface area contributed by atoms with Crippen molar-refractivity contribution >= 4 is 5.84 Å². The lowest BCUT2D eigenvalue weighted by Crippen LogP contribution is -2.29. The van der Waals surface area contributed by atoms with Gasteiger partial charge in [0.2, 0.25) is 0 Å². The minimum absolute atomic E-state index is 0.0323. The molecule has 0 fully saturated rings. The smallest absolute Gasteiger partial charge is 0.188 e. The van der Waals surface area contributed by atoms with E-state index in [4.69, 9.17) is 10.9 Å². The van der Waals surface area contributed by atoms with Gasteiger partial charge >= 0.3 is 0 Å². The summed E-state index contributed by atoms with van der Waals surface area (Å²) < 4.78 is 0. The summed E-state index contributed by atoms with van der Waals surface area (Å²) in [5.74, 6) is 0.614. The van der Waals surface area contributed by atoms with Crippen LogP contribution in [0.15, 0.2) is 23.5 Å². The number of nitrogens with two attached hydrogens (primary N) is 1. The minimum Gasteiger partial charge on any atom is -0.409 e. The summed E-state index contributed by atoms with van der Waals surface area (Å²) in [6.07, 6.45) is 1.66. The zero-order chi connectivity index (χ0) is 14.5. The van der Waals surface area contributed by atoms with Crippen molar-refractivity contribution in [3.05, 3.63) is 29.6 Å². The zero-order valence-electron chi connectivity index (χ0n) is 12.1. The maximum absolute atomic E-state index is 8.62. The summed E-state index contributed by atoms with van der Waals surface area (Å²) in [6.45, 7) is 10.6. The molecule has 5 heteroatoms. The molecule has 1 heterocycles. The van der Waals surface area contributed by atoms with Gasteiger partial charge in [-0.25, -0.2) is 0 Å². The normalized spacial score (nSPS) is 14.4. The Labute approximate surface area is 114 Å². The number of oxime groups is 1. The van der Waals surface area contributed by atoms with Crippen LogP contribution in [-0.2, 0) is 6.54 Å². The highest BCUT2D eigenvalue weighted by atomic mass is 16.4. The second-order valence-corrected chi connectivity index (χ2v) is 5.93. The fourth-order valence-corrected chi connectivity index (χ4v) is 1.51. The van der Waals surface area contributed by atoms with Crippen LogP contribution in [0, 0.1) is 11.3 Å². The Morgan fingerprint density at radius 3 is 2.79 bits per heavy atom. The van der Waals surface area contributed by atoms with Gasteiger partial charge in [0, 0.05) is 12.7 Å². The van der Waals surface area contributed by atoms with Gasteiger partial charge < -0.3 is 16.3 Å².